The van der Waals surface area contributed by atoms with Crippen LogP contribution in [0.5, 0.6) is 0 Å². The van der Waals surface area contributed by atoms with E-state index >= 15 is 0 Å². The van der Waals surface area contributed by atoms with Gasteiger partial charge in [0, 0.05) is 28.9 Å². The quantitative estimate of drug-likeness (QED) is 0.664. The topological polar surface area (TPSA) is 125 Å². The standard InChI is InChI=1S/C20H15FN6O2S2/c1-30-19-26-25-18(31-19)27-13-3-2-4-14(28)15(13)20(11(8-22)16(27)23)10-7-9(21)5-6-12(10)24-17(20)29/h5-7H,2-4,23H2,1H3,(H,24,29)/t20-/m0/s1. The monoisotopic (exact) mass is 454 g/mol. The minimum absolute atomic E-state index is 0.00739. The number of hydrogen-bond acceptors (Lipinski definition) is 9. The largest absolute Gasteiger partial charge is 0.384 e. The van der Waals surface area contributed by atoms with Crippen molar-refractivity contribution in [1.82, 2.24) is 10.2 Å². The number of thioether (sulfide) groups is 1. The highest BCUT2D eigenvalue weighted by Gasteiger charge is 2.60. The molecule has 2 aromatic rings. The Morgan fingerprint density at radius 3 is 2.87 bits per heavy atom. The Kier molecular flexibility index (Phi) is 4.39. The van der Waals surface area contributed by atoms with Crippen LogP contribution in [0.3, 0.4) is 0 Å². The molecule has 0 saturated heterocycles. The van der Waals surface area contributed by atoms with Crippen molar-refractivity contribution < 1.29 is 14.0 Å². The number of nitrogens with zero attached hydrogens (tertiary/aromatic N) is 4. The number of carbonyl (C=O) groups is 2. The lowest BCUT2D eigenvalue weighted by Crippen LogP contribution is -2.50. The number of nitriles is 1. The summed E-state index contributed by atoms with van der Waals surface area (Å²) < 4.78 is 15.0. The van der Waals surface area contributed by atoms with Crippen molar-refractivity contribution in [3.63, 3.8) is 0 Å². The van der Waals surface area contributed by atoms with Gasteiger partial charge in [-0.05, 0) is 37.3 Å². The maximum Gasteiger partial charge on any atom is 0.245 e. The Labute approximate surface area is 184 Å². The van der Waals surface area contributed by atoms with E-state index in [0.29, 0.717) is 33.7 Å². The number of nitrogens with one attached hydrogen (secondary N) is 1. The molecule has 5 rings (SSSR count). The highest BCUT2D eigenvalue weighted by molar-refractivity contribution is 8.00. The van der Waals surface area contributed by atoms with Gasteiger partial charge in [0.25, 0.3) is 0 Å². The van der Waals surface area contributed by atoms with Crippen LogP contribution in [0.2, 0.25) is 0 Å². The molecule has 0 unspecified atom stereocenters. The summed E-state index contributed by atoms with van der Waals surface area (Å²) in [5.74, 6) is -1.44. The van der Waals surface area contributed by atoms with Crippen LogP contribution in [0.25, 0.3) is 0 Å². The smallest absolute Gasteiger partial charge is 0.245 e. The number of ketones is 1. The Morgan fingerprint density at radius 2 is 2.16 bits per heavy atom. The lowest BCUT2D eigenvalue weighted by molar-refractivity contribution is -0.122. The summed E-state index contributed by atoms with van der Waals surface area (Å²) in [6.07, 6.45) is 3.09. The van der Waals surface area contributed by atoms with Crippen molar-refractivity contribution in [1.29, 1.82) is 5.26 Å². The van der Waals surface area contributed by atoms with Gasteiger partial charge >= 0.3 is 0 Å². The van der Waals surface area contributed by atoms with Gasteiger partial charge in [0.15, 0.2) is 10.1 Å². The number of fused-ring (bicyclic) bond motifs is 3. The van der Waals surface area contributed by atoms with Crippen LogP contribution in [-0.2, 0) is 15.0 Å². The molecule has 156 valence electrons. The predicted molar refractivity (Wildman–Crippen MR) is 114 cm³/mol. The fraction of sp³-hybridized carbons (Fsp3) is 0.250. The molecule has 0 saturated carbocycles. The number of halogens is 1. The SMILES string of the molecule is CSc1nnc(N2C(N)=C(C#N)[C@]3(C(=O)Nc4ccc(F)cc43)C3=C2CCCC3=O)s1. The fourth-order valence-electron chi connectivity index (χ4n) is 4.56. The van der Waals surface area contributed by atoms with Crippen molar-refractivity contribution in [3.8, 4) is 6.07 Å². The van der Waals surface area contributed by atoms with E-state index in [-0.39, 0.29) is 34.7 Å². The molecule has 1 atom stereocenters. The van der Waals surface area contributed by atoms with Crippen LogP contribution >= 0.6 is 23.1 Å². The number of amides is 1. The van der Waals surface area contributed by atoms with Gasteiger partial charge in [-0.3, -0.25) is 14.5 Å². The number of nitrogens with two attached hydrogens (primary N) is 1. The number of anilines is 2. The van der Waals surface area contributed by atoms with E-state index in [0.717, 1.165) is 0 Å². The minimum atomic E-state index is -1.79. The van der Waals surface area contributed by atoms with Crippen LogP contribution in [-0.4, -0.2) is 28.1 Å². The number of carbonyl (C=O) groups excluding carboxylic acids is 2. The zero-order chi connectivity index (χ0) is 21.9. The second-order valence-electron chi connectivity index (χ2n) is 7.25. The van der Waals surface area contributed by atoms with Gasteiger partial charge in [-0.25, -0.2) is 4.39 Å². The maximum absolute atomic E-state index is 14.3. The molecule has 0 fully saturated rings. The number of hydrogen-bond donors (Lipinski definition) is 2. The third-order valence-corrected chi connectivity index (χ3v) is 7.63. The van der Waals surface area contributed by atoms with Gasteiger partial charge in [0.1, 0.15) is 23.1 Å². The third-order valence-electron chi connectivity index (χ3n) is 5.75. The molecule has 1 aromatic carbocycles. The van der Waals surface area contributed by atoms with Gasteiger partial charge < -0.3 is 11.1 Å². The summed E-state index contributed by atoms with van der Waals surface area (Å²) in [6.45, 7) is 0. The summed E-state index contributed by atoms with van der Waals surface area (Å²) >= 11 is 2.68. The Balaban J connectivity index is 1.87. The van der Waals surface area contributed by atoms with Crippen LogP contribution < -0.4 is 16.0 Å². The molecule has 0 radical (unpaired) electrons. The van der Waals surface area contributed by atoms with Crippen LogP contribution in [0.1, 0.15) is 24.8 Å². The summed E-state index contributed by atoms with van der Waals surface area (Å²) in [6, 6.07) is 5.88. The van der Waals surface area contributed by atoms with Gasteiger partial charge in [-0.2, -0.15) is 5.26 Å². The normalized spacial score (nSPS) is 22.5. The Bertz CT molecular complexity index is 1280. The van der Waals surface area contributed by atoms with Crippen molar-refractivity contribution in [2.45, 2.75) is 29.0 Å². The molecule has 11 heteroatoms. The Hall–Kier alpha value is -3.23. The van der Waals surface area contributed by atoms with E-state index in [4.69, 9.17) is 5.73 Å². The van der Waals surface area contributed by atoms with E-state index in [1.165, 1.54) is 41.3 Å². The summed E-state index contributed by atoms with van der Waals surface area (Å²) in [4.78, 5) is 28.2. The molecule has 3 heterocycles. The lowest BCUT2D eigenvalue weighted by atomic mass is 9.64. The summed E-state index contributed by atoms with van der Waals surface area (Å²) in [5.41, 5.74) is 5.81. The maximum atomic E-state index is 14.3. The van der Waals surface area contributed by atoms with E-state index in [9.17, 15) is 19.2 Å². The molecule has 3 N–H and O–H groups in total. The first-order valence-corrected chi connectivity index (χ1v) is 11.4. The van der Waals surface area contributed by atoms with Gasteiger partial charge in [-0.1, -0.05) is 23.1 Å². The van der Waals surface area contributed by atoms with Gasteiger partial charge in [-0.15, -0.1) is 10.2 Å². The first-order valence-electron chi connectivity index (χ1n) is 9.39. The van der Waals surface area contributed by atoms with Crippen molar-refractivity contribution in [2.75, 3.05) is 16.5 Å². The van der Waals surface area contributed by atoms with Crippen LogP contribution in [0.15, 0.2) is 45.2 Å². The highest BCUT2D eigenvalue weighted by Crippen LogP contribution is 2.55. The molecule has 0 bridgehead atoms. The molecule has 3 aliphatic rings. The average molecular weight is 455 g/mol. The lowest BCUT2D eigenvalue weighted by Gasteiger charge is -2.42. The molecule has 1 aliphatic carbocycles. The summed E-state index contributed by atoms with van der Waals surface area (Å²) in [7, 11) is 0. The molecule has 2 aliphatic heterocycles. The molecule has 1 aromatic heterocycles. The molecule has 8 nitrogen and oxygen atoms in total. The van der Waals surface area contributed by atoms with E-state index < -0.39 is 17.1 Å². The van der Waals surface area contributed by atoms with Gasteiger partial charge in [0.2, 0.25) is 11.0 Å². The van der Waals surface area contributed by atoms with Crippen molar-refractivity contribution in [3.05, 3.63) is 52.2 Å². The first-order chi connectivity index (χ1) is 14.9. The molecular weight excluding hydrogens is 439 g/mol. The number of rotatable bonds is 2. The van der Waals surface area contributed by atoms with Crippen molar-refractivity contribution in [2.24, 2.45) is 5.73 Å². The molecule has 1 spiro atoms. The number of aromatic nitrogens is 2. The third kappa shape index (κ3) is 2.52. The first kappa shape index (κ1) is 19.7. The number of Topliss-reactive ketones (excluding diaryl/α,β-unsaturated/α-hetero) is 1. The van der Waals surface area contributed by atoms with E-state index in [1.54, 1.807) is 4.90 Å². The van der Waals surface area contributed by atoms with E-state index in [1.807, 2.05) is 12.3 Å². The minimum Gasteiger partial charge on any atom is -0.384 e. The Morgan fingerprint density at radius 1 is 1.35 bits per heavy atom. The number of allylic oxidation sites excluding steroid dienone is 1. The van der Waals surface area contributed by atoms with Crippen molar-refractivity contribution >= 4 is 45.6 Å². The predicted octanol–water partition coefficient (Wildman–Crippen LogP) is 2.81. The van der Waals surface area contributed by atoms with Crippen LogP contribution in [0.4, 0.5) is 15.2 Å². The number of benzene rings is 1. The fourth-order valence-corrected chi connectivity index (χ4v) is 5.86. The molecular formula is C20H15FN6O2S2. The second kappa shape index (κ2) is 6.90. The highest BCUT2D eigenvalue weighted by atomic mass is 32.2. The zero-order valence-electron chi connectivity index (χ0n) is 16.2. The second-order valence-corrected chi connectivity index (χ2v) is 9.26. The zero-order valence-corrected chi connectivity index (χ0v) is 17.9. The van der Waals surface area contributed by atoms with E-state index in [2.05, 4.69) is 15.5 Å². The molecule has 1 amide bonds. The molecule has 31 heavy (non-hydrogen) atoms. The van der Waals surface area contributed by atoms with Gasteiger partial charge in [0.05, 0.1) is 5.57 Å². The average Bonchev–Trinajstić information content (AvgIpc) is 3.32. The summed E-state index contributed by atoms with van der Waals surface area (Å²) in [5, 5.41) is 21.5. The van der Waals surface area contributed by atoms with Crippen LogP contribution in [0, 0.1) is 17.1 Å².